The molecule has 7 nitrogen and oxygen atoms in total. The van der Waals surface area contributed by atoms with Crippen LogP contribution in [-0.2, 0) is 22.6 Å². The zero-order valence-corrected chi connectivity index (χ0v) is 17.3. The van der Waals surface area contributed by atoms with Crippen molar-refractivity contribution < 1.29 is 18.6 Å². The van der Waals surface area contributed by atoms with Crippen LogP contribution in [0.3, 0.4) is 0 Å². The van der Waals surface area contributed by atoms with Gasteiger partial charge in [-0.2, -0.15) is 0 Å². The van der Waals surface area contributed by atoms with Crippen LogP contribution in [0.1, 0.15) is 29.7 Å². The Morgan fingerprint density at radius 2 is 2.21 bits per heavy atom. The summed E-state index contributed by atoms with van der Waals surface area (Å²) in [7, 11) is 1.77. The van der Waals surface area contributed by atoms with E-state index in [-0.39, 0.29) is 6.10 Å². The second-order valence-electron chi connectivity index (χ2n) is 7.05. The third kappa shape index (κ3) is 7.11. The lowest BCUT2D eigenvalue weighted by Gasteiger charge is -2.18. The van der Waals surface area contributed by atoms with Crippen LogP contribution < -0.4 is 15.4 Å². The molecule has 0 aliphatic carbocycles. The van der Waals surface area contributed by atoms with Crippen LogP contribution in [-0.4, -0.2) is 45.5 Å². The molecule has 1 aromatic carbocycles. The Bertz CT molecular complexity index is 755. The minimum Gasteiger partial charge on any atom is -0.488 e. The molecule has 29 heavy (non-hydrogen) atoms. The van der Waals surface area contributed by atoms with E-state index >= 15 is 0 Å². The van der Waals surface area contributed by atoms with Crippen molar-refractivity contribution in [1.29, 1.82) is 0 Å². The first-order valence-electron chi connectivity index (χ1n) is 10.1. The average molecular weight is 402 g/mol. The van der Waals surface area contributed by atoms with Crippen molar-refractivity contribution >= 4 is 5.96 Å². The molecular formula is C22H31N3O4. The third-order valence-electron chi connectivity index (χ3n) is 4.66. The molecule has 0 saturated carbocycles. The lowest BCUT2D eigenvalue weighted by Crippen LogP contribution is -2.37. The van der Waals surface area contributed by atoms with Crippen molar-refractivity contribution in [3.05, 3.63) is 53.5 Å². The normalized spacial score (nSPS) is 16.8. The maximum Gasteiger partial charge on any atom is 0.191 e. The van der Waals surface area contributed by atoms with Crippen molar-refractivity contribution in [2.75, 3.05) is 33.4 Å². The Labute approximate surface area is 172 Å². The maximum absolute atomic E-state index is 6.16. The number of ether oxygens (including phenoxy) is 3. The van der Waals surface area contributed by atoms with Gasteiger partial charge in [-0.3, -0.25) is 4.99 Å². The monoisotopic (exact) mass is 401 g/mol. The number of rotatable bonds is 10. The molecule has 1 fully saturated rings. The van der Waals surface area contributed by atoms with E-state index in [0.29, 0.717) is 26.4 Å². The maximum atomic E-state index is 6.16. The standard InChI is InChI=1S/C22H31N3O4/c1-17-6-7-18(21(13-17)29-20-8-12-27-16-20)14-25-22(23-2)24-9-4-10-26-15-19-5-3-11-28-19/h3,5-7,11,13,20H,4,8-10,12,14-16H2,1-2H3,(H2,23,24,25). The Kier molecular flexibility index (Phi) is 8.40. The van der Waals surface area contributed by atoms with Crippen LogP contribution >= 0.6 is 0 Å². The quantitative estimate of drug-likeness (QED) is 0.362. The zero-order chi connectivity index (χ0) is 20.3. The molecule has 7 heteroatoms. The Morgan fingerprint density at radius 3 is 2.97 bits per heavy atom. The van der Waals surface area contributed by atoms with Crippen LogP contribution in [0, 0.1) is 6.92 Å². The molecule has 158 valence electrons. The number of hydrogen-bond acceptors (Lipinski definition) is 5. The van der Waals surface area contributed by atoms with E-state index in [1.165, 1.54) is 5.56 Å². The molecular weight excluding hydrogens is 370 g/mol. The molecule has 0 radical (unpaired) electrons. The first kappa shape index (κ1) is 21.2. The van der Waals surface area contributed by atoms with Gasteiger partial charge in [-0.1, -0.05) is 12.1 Å². The molecule has 1 aromatic heterocycles. The fourth-order valence-corrected chi connectivity index (χ4v) is 3.05. The highest BCUT2D eigenvalue weighted by Crippen LogP contribution is 2.23. The highest BCUT2D eigenvalue weighted by atomic mass is 16.5. The van der Waals surface area contributed by atoms with E-state index in [2.05, 4.69) is 40.7 Å². The van der Waals surface area contributed by atoms with Crippen molar-refractivity contribution in [1.82, 2.24) is 10.6 Å². The molecule has 3 rings (SSSR count). The van der Waals surface area contributed by atoms with Crippen molar-refractivity contribution in [2.45, 2.75) is 39.0 Å². The topological polar surface area (TPSA) is 77.3 Å². The van der Waals surface area contributed by atoms with Crippen LogP contribution in [0.5, 0.6) is 5.75 Å². The van der Waals surface area contributed by atoms with Crippen LogP contribution in [0.15, 0.2) is 46.0 Å². The minimum atomic E-state index is 0.133. The van der Waals surface area contributed by atoms with Crippen LogP contribution in [0.2, 0.25) is 0 Å². The number of nitrogens with zero attached hydrogens (tertiary/aromatic N) is 1. The zero-order valence-electron chi connectivity index (χ0n) is 17.3. The van der Waals surface area contributed by atoms with Crippen molar-refractivity contribution in [2.24, 2.45) is 4.99 Å². The summed E-state index contributed by atoms with van der Waals surface area (Å²) in [5, 5.41) is 6.67. The summed E-state index contributed by atoms with van der Waals surface area (Å²) in [6.07, 6.45) is 3.60. The summed E-state index contributed by atoms with van der Waals surface area (Å²) in [5.41, 5.74) is 2.28. The van der Waals surface area contributed by atoms with E-state index < -0.39 is 0 Å². The summed E-state index contributed by atoms with van der Waals surface area (Å²) >= 11 is 0. The first-order valence-corrected chi connectivity index (χ1v) is 10.1. The summed E-state index contributed by atoms with van der Waals surface area (Å²) in [6, 6.07) is 10.1. The average Bonchev–Trinajstić information content (AvgIpc) is 3.42. The molecule has 1 aliphatic heterocycles. The fraction of sp³-hybridized carbons (Fsp3) is 0.500. The lowest BCUT2D eigenvalue weighted by molar-refractivity contribution is 0.105. The smallest absolute Gasteiger partial charge is 0.191 e. The number of aryl methyl sites for hydroxylation is 1. The van der Waals surface area contributed by atoms with Crippen LogP contribution in [0.25, 0.3) is 0 Å². The first-order chi connectivity index (χ1) is 14.2. The van der Waals surface area contributed by atoms with Gasteiger partial charge in [0.2, 0.25) is 0 Å². The third-order valence-corrected chi connectivity index (χ3v) is 4.66. The molecule has 1 atom stereocenters. The van der Waals surface area contributed by atoms with E-state index in [0.717, 1.165) is 49.0 Å². The second kappa shape index (κ2) is 11.5. The molecule has 1 unspecified atom stereocenters. The minimum absolute atomic E-state index is 0.133. The summed E-state index contributed by atoms with van der Waals surface area (Å²) < 4.78 is 22.4. The Hall–Kier alpha value is -2.51. The lowest BCUT2D eigenvalue weighted by atomic mass is 10.1. The van der Waals surface area contributed by atoms with Gasteiger partial charge < -0.3 is 29.3 Å². The predicted octanol–water partition coefficient (Wildman–Crippen LogP) is 3.03. The number of hydrogen-bond donors (Lipinski definition) is 2. The van der Waals surface area contributed by atoms with E-state index in [1.807, 2.05) is 12.1 Å². The van der Waals surface area contributed by atoms with Gasteiger partial charge in [0.1, 0.15) is 24.2 Å². The highest BCUT2D eigenvalue weighted by Gasteiger charge is 2.18. The van der Waals surface area contributed by atoms with Gasteiger partial charge in [0.25, 0.3) is 0 Å². The van der Waals surface area contributed by atoms with E-state index in [1.54, 1.807) is 13.3 Å². The van der Waals surface area contributed by atoms with Crippen molar-refractivity contribution in [3.63, 3.8) is 0 Å². The molecule has 2 N–H and O–H groups in total. The predicted molar refractivity (Wildman–Crippen MR) is 112 cm³/mol. The van der Waals surface area contributed by atoms with E-state index in [4.69, 9.17) is 18.6 Å². The summed E-state index contributed by atoms with van der Waals surface area (Å²) in [6.45, 7) is 6.07. The highest BCUT2D eigenvalue weighted by molar-refractivity contribution is 5.79. The Balaban J connectivity index is 1.39. The number of aliphatic imine (C=N–C) groups is 1. The number of nitrogens with one attached hydrogen (secondary N) is 2. The van der Waals surface area contributed by atoms with Gasteiger partial charge >= 0.3 is 0 Å². The van der Waals surface area contributed by atoms with Gasteiger partial charge in [0.15, 0.2) is 5.96 Å². The van der Waals surface area contributed by atoms with Gasteiger partial charge in [0.05, 0.1) is 19.5 Å². The second-order valence-corrected chi connectivity index (χ2v) is 7.05. The largest absolute Gasteiger partial charge is 0.488 e. The summed E-state index contributed by atoms with van der Waals surface area (Å²) in [5.74, 6) is 2.51. The van der Waals surface area contributed by atoms with Crippen molar-refractivity contribution in [3.8, 4) is 5.75 Å². The number of furan rings is 1. The van der Waals surface area contributed by atoms with Gasteiger partial charge in [-0.15, -0.1) is 0 Å². The number of guanidine groups is 1. The van der Waals surface area contributed by atoms with Gasteiger partial charge in [0, 0.05) is 38.7 Å². The summed E-state index contributed by atoms with van der Waals surface area (Å²) in [4.78, 5) is 4.29. The van der Waals surface area contributed by atoms with Crippen LogP contribution in [0.4, 0.5) is 0 Å². The van der Waals surface area contributed by atoms with E-state index in [9.17, 15) is 0 Å². The molecule has 0 amide bonds. The number of benzene rings is 1. The van der Waals surface area contributed by atoms with Gasteiger partial charge in [-0.05, 0) is 37.1 Å². The molecule has 2 heterocycles. The molecule has 0 spiro atoms. The molecule has 0 bridgehead atoms. The molecule has 2 aromatic rings. The van der Waals surface area contributed by atoms with Gasteiger partial charge in [-0.25, -0.2) is 0 Å². The molecule has 1 aliphatic rings. The molecule has 1 saturated heterocycles. The SMILES string of the molecule is CN=C(NCCCOCc1ccco1)NCc1ccc(C)cc1OC1CCOC1. The fourth-order valence-electron chi connectivity index (χ4n) is 3.05. The Morgan fingerprint density at radius 1 is 1.28 bits per heavy atom.